The molecule has 4 rings (SSSR count). The lowest BCUT2D eigenvalue weighted by Crippen LogP contribution is -2.03. The summed E-state index contributed by atoms with van der Waals surface area (Å²) in [5.41, 5.74) is 3.21. The van der Waals surface area contributed by atoms with Crippen molar-refractivity contribution in [2.24, 2.45) is 0 Å². The summed E-state index contributed by atoms with van der Waals surface area (Å²) in [7, 11) is 7.86. The van der Waals surface area contributed by atoms with Crippen LogP contribution in [0.1, 0.15) is 15.9 Å². The summed E-state index contributed by atoms with van der Waals surface area (Å²) >= 11 is 0. The number of benzene rings is 3. The van der Waals surface area contributed by atoms with Crippen LogP contribution in [0, 0.1) is 0 Å². The molecule has 0 spiro atoms. The van der Waals surface area contributed by atoms with Gasteiger partial charge in [0.2, 0.25) is 5.75 Å². The minimum absolute atomic E-state index is 0.127. The Morgan fingerprint density at radius 1 is 0.697 bits per heavy atom. The molecule has 0 saturated heterocycles. The highest BCUT2D eigenvalue weighted by atomic mass is 16.5. The van der Waals surface area contributed by atoms with Gasteiger partial charge in [-0.05, 0) is 48.5 Å². The van der Waals surface area contributed by atoms with Crippen LogP contribution in [0.3, 0.4) is 0 Å². The first-order valence-corrected chi connectivity index (χ1v) is 10.2. The van der Waals surface area contributed by atoms with E-state index < -0.39 is 0 Å². The third kappa shape index (κ3) is 3.93. The molecular formula is C26H25NO6. The molecule has 7 heteroatoms. The van der Waals surface area contributed by atoms with Crippen molar-refractivity contribution in [1.82, 2.24) is 4.98 Å². The van der Waals surface area contributed by atoms with Gasteiger partial charge in [-0.25, -0.2) is 0 Å². The van der Waals surface area contributed by atoms with Gasteiger partial charge in [0.05, 0.1) is 52.3 Å². The zero-order chi connectivity index (χ0) is 23.5. The predicted molar refractivity (Wildman–Crippen MR) is 126 cm³/mol. The number of carbonyl (C=O) groups excluding carboxylic acids is 1. The van der Waals surface area contributed by atoms with Gasteiger partial charge < -0.3 is 28.7 Å². The predicted octanol–water partition coefficient (Wildman–Crippen LogP) is 5.11. The number of ketones is 1. The maximum absolute atomic E-state index is 13.7. The highest BCUT2D eigenvalue weighted by Crippen LogP contribution is 2.43. The van der Waals surface area contributed by atoms with Crippen molar-refractivity contribution in [2.45, 2.75) is 0 Å². The molecule has 1 aromatic heterocycles. The quantitative estimate of drug-likeness (QED) is 0.378. The second kappa shape index (κ2) is 9.16. The maximum Gasteiger partial charge on any atom is 0.203 e. The lowest BCUT2D eigenvalue weighted by molar-refractivity contribution is 0.104. The Kier molecular flexibility index (Phi) is 6.13. The molecule has 0 aliphatic heterocycles. The van der Waals surface area contributed by atoms with E-state index in [-0.39, 0.29) is 5.78 Å². The first kappa shape index (κ1) is 22.1. The van der Waals surface area contributed by atoms with Crippen LogP contribution in [0.2, 0.25) is 0 Å². The number of methoxy groups -OCH3 is 5. The smallest absolute Gasteiger partial charge is 0.203 e. The summed E-state index contributed by atoms with van der Waals surface area (Å²) in [6.07, 6.45) is 0. The van der Waals surface area contributed by atoms with Crippen LogP contribution in [0.15, 0.2) is 54.6 Å². The van der Waals surface area contributed by atoms with Gasteiger partial charge in [0.15, 0.2) is 17.3 Å². The van der Waals surface area contributed by atoms with Crippen LogP contribution in [0.25, 0.3) is 22.2 Å². The molecule has 1 heterocycles. The largest absolute Gasteiger partial charge is 0.497 e. The second-order valence-corrected chi connectivity index (χ2v) is 7.26. The average Bonchev–Trinajstić information content (AvgIpc) is 3.25. The van der Waals surface area contributed by atoms with Gasteiger partial charge >= 0.3 is 0 Å². The molecule has 0 aliphatic rings. The molecule has 0 saturated carbocycles. The van der Waals surface area contributed by atoms with Gasteiger partial charge in [0.1, 0.15) is 11.5 Å². The molecule has 0 aliphatic carbocycles. The number of aromatic nitrogens is 1. The Morgan fingerprint density at radius 3 is 1.85 bits per heavy atom. The van der Waals surface area contributed by atoms with Crippen molar-refractivity contribution in [3.05, 3.63) is 65.7 Å². The number of carbonyl (C=O) groups is 1. The zero-order valence-electron chi connectivity index (χ0n) is 19.1. The van der Waals surface area contributed by atoms with Crippen LogP contribution >= 0.6 is 0 Å². The van der Waals surface area contributed by atoms with Crippen molar-refractivity contribution in [1.29, 1.82) is 0 Å². The normalized spacial score (nSPS) is 10.7. The molecule has 0 fully saturated rings. The van der Waals surface area contributed by atoms with Crippen LogP contribution in [0.4, 0.5) is 0 Å². The lowest BCUT2D eigenvalue weighted by atomic mass is 9.96. The van der Waals surface area contributed by atoms with E-state index in [1.807, 2.05) is 30.3 Å². The fraction of sp³-hybridized carbons (Fsp3) is 0.192. The molecule has 0 amide bonds. The minimum atomic E-state index is -0.127. The minimum Gasteiger partial charge on any atom is -0.497 e. The summed E-state index contributed by atoms with van der Waals surface area (Å²) < 4.78 is 27.1. The summed E-state index contributed by atoms with van der Waals surface area (Å²) in [4.78, 5) is 17.1. The van der Waals surface area contributed by atoms with E-state index in [0.717, 1.165) is 16.5 Å². The molecule has 0 bridgehead atoms. The van der Waals surface area contributed by atoms with Gasteiger partial charge in [-0.15, -0.1) is 0 Å². The molecule has 3 aromatic carbocycles. The number of rotatable bonds is 8. The van der Waals surface area contributed by atoms with Crippen molar-refractivity contribution in [3.63, 3.8) is 0 Å². The monoisotopic (exact) mass is 447 g/mol. The topological polar surface area (TPSA) is 79.0 Å². The standard InChI is InChI=1S/C26H25NO6/c1-29-17-8-6-15(7-9-17)25(28)23-19-11-10-18(30-2)14-20(19)27-24(23)16-12-21(31-3)26(33-5)22(13-16)32-4/h6-14,27H,1-5H3. The molecule has 0 unspecified atom stereocenters. The van der Waals surface area contributed by atoms with E-state index in [1.165, 1.54) is 0 Å². The molecular weight excluding hydrogens is 422 g/mol. The Balaban J connectivity index is 1.97. The molecule has 1 N–H and O–H groups in total. The SMILES string of the molecule is COc1ccc(C(=O)c2c(-c3cc(OC)c(OC)c(OC)c3)[nH]c3cc(OC)ccc23)cc1. The zero-order valence-corrected chi connectivity index (χ0v) is 19.1. The Hall–Kier alpha value is -4.13. The van der Waals surface area contributed by atoms with Crippen molar-refractivity contribution < 1.29 is 28.5 Å². The summed E-state index contributed by atoms with van der Waals surface area (Å²) in [6, 6.07) is 16.2. The molecule has 170 valence electrons. The van der Waals surface area contributed by atoms with E-state index in [2.05, 4.69) is 4.98 Å². The van der Waals surface area contributed by atoms with Crippen LogP contribution in [0.5, 0.6) is 28.7 Å². The second-order valence-electron chi connectivity index (χ2n) is 7.26. The molecule has 33 heavy (non-hydrogen) atoms. The number of hydrogen-bond acceptors (Lipinski definition) is 6. The van der Waals surface area contributed by atoms with Crippen molar-refractivity contribution in [3.8, 4) is 40.0 Å². The van der Waals surface area contributed by atoms with E-state index in [9.17, 15) is 4.79 Å². The molecule has 0 atom stereocenters. The van der Waals surface area contributed by atoms with Gasteiger partial charge in [0, 0.05) is 22.6 Å². The highest BCUT2D eigenvalue weighted by molar-refractivity contribution is 6.20. The molecule has 4 aromatic rings. The summed E-state index contributed by atoms with van der Waals surface area (Å²) in [5.74, 6) is 2.70. The van der Waals surface area contributed by atoms with Crippen LogP contribution < -0.4 is 23.7 Å². The Bertz CT molecular complexity index is 1280. The number of nitrogens with one attached hydrogen (secondary N) is 1. The summed E-state index contributed by atoms with van der Waals surface area (Å²) in [6.45, 7) is 0. The number of ether oxygens (including phenoxy) is 5. The molecule has 0 radical (unpaired) electrons. The van der Waals surface area contributed by atoms with E-state index in [1.54, 1.807) is 59.8 Å². The number of aromatic amines is 1. The van der Waals surface area contributed by atoms with Gasteiger partial charge in [-0.1, -0.05) is 0 Å². The van der Waals surface area contributed by atoms with E-state index >= 15 is 0 Å². The third-order valence-corrected chi connectivity index (χ3v) is 5.54. The lowest BCUT2D eigenvalue weighted by Gasteiger charge is -2.14. The highest BCUT2D eigenvalue weighted by Gasteiger charge is 2.24. The van der Waals surface area contributed by atoms with Crippen LogP contribution in [-0.2, 0) is 0 Å². The fourth-order valence-corrected chi connectivity index (χ4v) is 3.87. The van der Waals surface area contributed by atoms with E-state index in [0.29, 0.717) is 45.6 Å². The van der Waals surface area contributed by atoms with Crippen molar-refractivity contribution in [2.75, 3.05) is 35.5 Å². The first-order chi connectivity index (χ1) is 16.0. The average molecular weight is 447 g/mol. The Labute approximate surface area is 191 Å². The molecule has 7 nitrogen and oxygen atoms in total. The fourth-order valence-electron chi connectivity index (χ4n) is 3.87. The summed E-state index contributed by atoms with van der Waals surface area (Å²) in [5, 5.41) is 0.778. The van der Waals surface area contributed by atoms with Gasteiger partial charge in [-0.3, -0.25) is 4.79 Å². The number of hydrogen-bond donors (Lipinski definition) is 1. The first-order valence-electron chi connectivity index (χ1n) is 10.2. The third-order valence-electron chi connectivity index (χ3n) is 5.54. The van der Waals surface area contributed by atoms with Crippen LogP contribution in [-0.4, -0.2) is 46.3 Å². The van der Waals surface area contributed by atoms with Gasteiger partial charge in [0.25, 0.3) is 0 Å². The van der Waals surface area contributed by atoms with Crippen molar-refractivity contribution >= 4 is 16.7 Å². The van der Waals surface area contributed by atoms with Gasteiger partial charge in [-0.2, -0.15) is 0 Å². The number of H-pyrrole nitrogens is 1. The maximum atomic E-state index is 13.7. The number of fused-ring (bicyclic) bond motifs is 1. The Morgan fingerprint density at radius 2 is 1.30 bits per heavy atom. The van der Waals surface area contributed by atoms with E-state index in [4.69, 9.17) is 23.7 Å².